The van der Waals surface area contributed by atoms with Crippen LogP contribution in [0, 0.1) is 0 Å². The summed E-state index contributed by atoms with van der Waals surface area (Å²) >= 11 is 0. The molecule has 0 saturated heterocycles. The molecule has 2 aromatic carbocycles. The third-order valence-electron chi connectivity index (χ3n) is 3.69. The van der Waals surface area contributed by atoms with Gasteiger partial charge >= 0.3 is 11.8 Å². The van der Waals surface area contributed by atoms with Gasteiger partial charge < -0.3 is 14.8 Å². The summed E-state index contributed by atoms with van der Waals surface area (Å²) in [6, 6.07) is 13.4. The zero-order valence-corrected chi connectivity index (χ0v) is 15.3. The lowest BCUT2D eigenvalue weighted by Crippen LogP contribution is -2.27. The number of phenols is 1. The lowest BCUT2D eigenvalue weighted by Gasteiger charge is -2.19. The number of hydrogen-bond acceptors (Lipinski definition) is 4. The van der Waals surface area contributed by atoms with E-state index >= 15 is 0 Å². The third kappa shape index (κ3) is 4.58. The molecule has 1 amide bonds. The number of aromatic hydroxyl groups is 1. The van der Waals surface area contributed by atoms with Gasteiger partial charge in [0.05, 0.1) is 11.4 Å². The van der Waals surface area contributed by atoms with E-state index in [-0.39, 0.29) is 11.4 Å². The van der Waals surface area contributed by atoms with E-state index in [1.165, 1.54) is 4.57 Å². The van der Waals surface area contributed by atoms with Gasteiger partial charge in [-0.1, -0.05) is 0 Å². The van der Waals surface area contributed by atoms with Gasteiger partial charge in [0.2, 0.25) is 0 Å². The van der Waals surface area contributed by atoms with Crippen LogP contribution in [0.15, 0.2) is 59.5 Å². The number of anilines is 1. The van der Waals surface area contributed by atoms with E-state index in [1.807, 2.05) is 0 Å². The lowest BCUT2D eigenvalue weighted by atomic mass is 10.2. The van der Waals surface area contributed by atoms with E-state index in [2.05, 4.69) is 10.3 Å². The molecule has 3 rings (SSSR count). The molecule has 0 spiro atoms. The van der Waals surface area contributed by atoms with Gasteiger partial charge in [0.15, 0.2) is 0 Å². The predicted molar refractivity (Wildman–Crippen MR) is 103 cm³/mol. The molecule has 0 radical (unpaired) electrons. The van der Waals surface area contributed by atoms with Gasteiger partial charge in [0.1, 0.15) is 11.4 Å². The summed E-state index contributed by atoms with van der Waals surface area (Å²) in [6.45, 7) is 5.37. The molecular formula is C20H21N3O4. The van der Waals surface area contributed by atoms with Crippen LogP contribution in [0.4, 0.5) is 10.5 Å². The number of phenolic OH excluding ortho intramolecular Hbond substituents is 1. The number of imidazole rings is 1. The normalized spacial score (nSPS) is 11.2. The molecule has 1 aromatic heterocycles. The number of carbonyl (C=O) groups excluding carboxylic acids is 1. The van der Waals surface area contributed by atoms with Crippen molar-refractivity contribution in [2.75, 3.05) is 5.32 Å². The minimum Gasteiger partial charge on any atom is -0.508 e. The highest BCUT2D eigenvalue weighted by molar-refractivity contribution is 5.85. The highest BCUT2D eigenvalue weighted by atomic mass is 16.6. The van der Waals surface area contributed by atoms with Crippen molar-refractivity contribution in [2.24, 2.45) is 0 Å². The fourth-order valence-corrected chi connectivity index (χ4v) is 2.50. The molecular weight excluding hydrogens is 346 g/mol. The van der Waals surface area contributed by atoms with Crippen LogP contribution in [0.3, 0.4) is 0 Å². The Balaban J connectivity index is 1.78. The van der Waals surface area contributed by atoms with Crippen LogP contribution in [0.25, 0.3) is 16.9 Å². The van der Waals surface area contributed by atoms with Crippen molar-refractivity contribution in [2.45, 2.75) is 26.4 Å². The number of amides is 1. The van der Waals surface area contributed by atoms with Crippen LogP contribution >= 0.6 is 0 Å². The Hall–Kier alpha value is -3.48. The zero-order chi connectivity index (χ0) is 19.6. The molecule has 0 fully saturated rings. The van der Waals surface area contributed by atoms with E-state index in [0.717, 1.165) is 5.56 Å². The number of aromatic nitrogens is 2. The van der Waals surface area contributed by atoms with Crippen molar-refractivity contribution in [1.29, 1.82) is 0 Å². The summed E-state index contributed by atoms with van der Waals surface area (Å²) in [4.78, 5) is 26.9. The van der Waals surface area contributed by atoms with Crippen molar-refractivity contribution in [1.82, 2.24) is 9.55 Å². The molecule has 3 N–H and O–H groups in total. The van der Waals surface area contributed by atoms with Crippen molar-refractivity contribution in [3.05, 3.63) is 65.2 Å². The zero-order valence-electron chi connectivity index (χ0n) is 15.3. The maximum atomic E-state index is 12.3. The molecule has 0 saturated carbocycles. The van der Waals surface area contributed by atoms with E-state index < -0.39 is 11.7 Å². The van der Waals surface area contributed by atoms with Gasteiger partial charge in [-0.2, -0.15) is 0 Å². The fraction of sp³-hybridized carbons (Fsp3) is 0.200. The second kappa shape index (κ2) is 7.03. The molecule has 140 valence electrons. The number of aromatic amines is 1. The second-order valence-electron chi connectivity index (χ2n) is 7.06. The van der Waals surface area contributed by atoms with Crippen LogP contribution in [0.2, 0.25) is 0 Å². The Morgan fingerprint density at radius 3 is 2.30 bits per heavy atom. The Morgan fingerprint density at radius 2 is 1.70 bits per heavy atom. The molecule has 1 heterocycles. The van der Waals surface area contributed by atoms with E-state index in [1.54, 1.807) is 75.5 Å². The number of ether oxygens (including phenoxy) is 1. The van der Waals surface area contributed by atoms with Crippen molar-refractivity contribution >= 4 is 11.8 Å². The van der Waals surface area contributed by atoms with Crippen LogP contribution in [-0.2, 0) is 4.74 Å². The molecule has 0 bridgehead atoms. The Bertz CT molecular complexity index is 993. The van der Waals surface area contributed by atoms with E-state index in [0.29, 0.717) is 17.1 Å². The largest absolute Gasteiger partial charge is 0.508 e. The highest BCUT2D eigenvalue weighted by Crippen LogP contribution is 2.21. The van der Waals surface area contributed by atoms with Crippen molar-refractivity contribution in [3.63, 3.8) is 0 Å². The van der Waals surface area contributed by atoms with E-state index in [9.17, 15) is 14.7 Å². The fourth-order valence-electron chi connectivity index (χ4n) is 2.50. The quantitative estimate of drug-likeness (QED) is 0.654. The summed E-state index contributed by atoms with van der Waals surface area (Å²) in [5, 5.41) is 12.0. The van der Waals surface area contributed by atoms with Gasteiger partial charge in [-0.15, -0.1) is 0 Å². The average molecular weight is 367 g/mol. The molecule has 27 heavy (non-hydrogen) atoms. The number of nitrogens with zero attached hydrogens (tertiary/aromatic N) is 1. The first kappa shape index (κ1) is 18.3. The molecule has 3 aromatic rings. The molecule has 0 aliphatic rings. The average Bonchev–Trinajstić information content (AvgIpc) is 2.96. The number of nitrogens with one attached hydrogen (secondary N) is 2. The first-order valence-electron chi connectivity index (χ1n) is 8.43. The van der Waals surface area contributed by atoms with E-state index in [4.69, 9.17) is 4.74 Å². The van der Waals surface area contributed by atoms with Gasteiger partial charge in [0, 0.05) is 11.9 Å². The van der Waals surface area contributed by atoms with Crippen molar-refractivity contribution in [3.8, 4) is 22.7 Å². The molecule has 0 aliphatic carbocycles. The minimum atomic E-state index is -0.576. The number of hydrogen-bond donors (Lipinski definition) is 3. The second-order valence-corrected chi connectivity index (χ2v) is 7.06. The number of benzene rings is 2. The standard InChI is InChI=1S/C20H21N3O4/c1-20(2,3)27-19(26)21-14-6-8-15(9-7-14)23-12-17(22-18(23)25)13-4-10-16(24)11-5-13/h4-12,24H,1-3H3,(H,21,26)(H,22,25). The van der Waals surface area contributed by atoms with Gasteiger partial charge in [-0.3, -0.25) is 9.88 Å². The SMILES string of the molecule is CC(C)(C)OC(=O)Nc1ccc(-n2cc(-c3ccc(O)cc3)[nH]c2=O)cc1. The summed E-state index contributed by atoms with van der Waals surface area (Å²) in [5.41, 5.74) is 1.77. The Kier molecular flexibility index (Phi) is 4.77. The molecule has 7 heteroatoms. The summed E-state index contributed by atoms with van der Waals surface area (Å²) in [5.74, 6) is 0.161. The molecule has 0 atom stereocenters. The lowest BCUT2D eigenvalue weighted by molar-refractivity contribution is 0.0636. The maximum Gasteiger partial charge on any atom is 0.412 e. The smallest absolute Gasteiger partial charge is 0.412 e. The monoisotopic (exact) mass is 367 g/mol. The van der Waals surface area contributed by atoms with Crippen LogP contribution < -0.4 is 11.0 Å². The molecule has 0 aliphatic heterocycles. The van der Waals surface area contributed by atoms with Crippen molar-refractivity contribution < 1.29 is 14.6 Å². The number of carbonyl (C=O) groups is 1. The Morgan fingerprint density at radius 1 is 1.07 bits per heavy atom. The first-order valence-corrected chi connectivity index (χ1v) is 8.43. The summed E-state index contributed by atoms with van der Waals surface area (Å²) in [7, 11) is 0. The summed E-state index contributed by atoms with van der Waals surface area (Å²) in [6.07, 6.45) is 1.15. The summed E-state index contributed by atoms with van der Waals surface area (Å²) < 4.78 is 6.68. The third-order valence-corrected chi connectivity index (χ3v) is 3.69. The maximum absolute atomic E-state index is 12.3. The van der Waals surface area contributed by atoms with Crippen LogP contribution in [-0.4, -0.2) is 26.4 Å². The minimum absolute atomic E-state index is 0.161. The van der Waals surface area contributed by atoms with Gasteiger partial charge in [-0.05, 0) is 74.9 Å². The molecule has 7 nitrogen and oxygen atoms in total. The van der Waals surface area contributed by atoms with Gasteiger partial charge in [0.25, 0.3) is 0 Å². The van der Waals surface area contributed by atoms with Crippen LogP contribution in [0.5, 0.6) is 5.75 Å². The van der Waals surface area contributed by atoms with Gasteiger partial charge in [-0.25, -0.2) is 9.59 Å². The van der Waals surface area contributed by atoms with Crippen LogP contribution in [0.1, 0.15) is 20.8 Å². The Labute approximate surface area is 156 Å². The number of H-pyrrole nitrogens is 1. The number of rotatable bonds is 3. The first-order chi connectivity index (χ1) is 12.7. The highest BCUT2D eigenvalue weighted by Gasteiger charge is 2.16. The predicted octanol–water partition coefficient (Wildman–Crippen LogP) is 3.89. The molecule has 0 unspecified atom stereocenters. The topological polar surface area (TPSA) is 96.3 Å².